The van der Waals surface area contributed by atoms with E-state index >= 15 is 0 Å². The molecule has 1 amide bonds. The number of ether oxygens (including phenoxy) is 1. The van der Waals surface area contributed by atoms with Crippen molar-refractivity contribution in [1.29, 1.82) is 0 Å². The van der Waals surface area contributed by atoms with Gasteiger partial charge in [0.15, 0.2) is 0 Å². The summed E-state index contributed by atoms with van der Waals surface area (Å²) >= 11 is 0. The molecule has 0 radical (unpaired) electrons. The van der Waals surface area contributed by atoms with E-state index in [9.17, 15) is 4.79 Å². The summed E-state index contributed by atoms with van der Waals surface area (Å²) in [6, 6.07) is 6.58. The number of nitrogens with zero attached hydrogens (tertiary/aromatic N) is 1. The molecule has 4 nitrogen and oxygen atoms in total. The van der Waals surface area contributed by atoms with Gasteiger partial charge in [0.25, 0.3) is 0 Å². The number of carbonyl (C=O) groups is 1. The van der Waals surface area contributed by atoms with Gasteiger partial charge in [-0.1, -0.05) is 12.5 Å². The topological polar surface area (TPSA) is 41.6 Å². The fourth-order valence-electron chi connectivity index (χ4n) is 3.87. The lowest BCUT2D eigenvalue weighted by atomic mass is 9.84. The summed E-state index contributed by atoms with van der Waals surface area (Å²) in [6.07, 6.45) is 3.37. The van der Waals surface area contributed by atoms with Gasteiger partial charge in [-0.25, -0.2) is 0 Å². The molecule has 4 heteroatoms. The zero-order valence-corrected chi connectivity index (χ0v) is 11.6. The molecule has 2 unspecified atom stereocenters. The number of hydrogen-bond acceptors (Lipinski definition) is 3. The first-order valence-corrected chi connectivity index (χ1v) is 7.60. The van der Waals surface area contributed by atoms with Crippen LogP contribution in [0.4, 0.5) is 11.4 Å². The van der Waals surface area contributed by atoms with Gasteiger partial charge in [-0.2, -0.15) is 0 Å². The zero-order chi connectivity index (χ0) is 13.5. The van der Waals surface area contributed by atoms with Gasteiger partial charge in [-0.3, -0.25) is 4.79 Å². The van der Waals surface area contributed by atoms with Gasteiger partial charge >= 0.3 is 0 Å². The summed E-state index contributed by atoms with van der Waals surface area (Å²) in [5, 5.41) is 3.11. The largest absolute Gasteiger partial charge is 0.378 e. The van der Waals surface area contributed by atoms with E-state index in [1.165, 1.54) is 17.7 Å². The van der Waals surface area contributed by atoms with Crippen molar-refractivity contribution in [3.8, 4) is 0 Å². The van der Waals surface area contributed by atoms with E-state index in [4.69, 9.17) is 4.74 Å². The standard InChI is InChI=1S/C16H20N2O2/c19-16-14-3-1-2-12(14)13-5-4-11(10-15(13)17-16)18-6-8-20-9-7-18/h4-5,10,12,14H,1-3,6-9H2,(H,17,19). The number of rotatable bonds is 1. The molecule has 3 aliphatic rings. The first-order valence-electron chi connectivity index (χ1n) is 7.60. The Hall–Kier alpha value is -1.55. The molecular weight excluding hydrogens is 252 g/mol. The maximum Gasteiger partial charge on any atom is 0.228 e. The van der Waals surface area contributed by atoms with Crippen molar-refractivity contribution in [2.45, 2.75) is 25.2 Å². The second kappa shape index (κ2) is 4.77. The molecule has 4 rings (SSSR count). The number of benzene rings is 1. The fourth-order valence-corrected chi connectivity index (χ4v) is 3.87. The Morgan fingerprint density at radius 3 is 2.80 bits per heavy atom. The van der Waals surface area contributed by atoms with E-state index in [1.54, 1.807) is 0 Å². The molecule has 106 valence electrons. The summed E-state index contributed by atoms with van der Waals surface area (Å²) in [5.74, 6) is 0.869. The second-order valence-corrected chi connectivity index (χ2v) is 6.00. The third kappa shape index (κ3) is 1.90. The van der Waals surface area contributed by atoms with Crippen molar-refractivity contribution >= 4 is 17.3 Å². The second-order valence-electron chi connectivity index (χ2n) is 6.00. The molecule has 2 atom stereocenters. The molecular formula is C16H20N2O2. The van der Waals surface area contributed by atoms with Crippen LogP contribution in [0.15, 0.2) is 18.2 Å². The van der Waals surface area contributed by atoms with E-state index in [0.29, 0.717) is 5.92 Å². The van der Waals surface area contributed by atoms with Gasteiger partial charge in [0.1, 0.15) is 0 Å². The Morgan fingerprint density at radius 2 is 1.95 bits per heavy atom. The third-order valence-electron chi connectivity index (χ3n) is 4.92. The number of anilines is 2. The number of nitrogens with one attached hydrogen (secondary N) is 1. The Kier molecular flexibility index (Phi) is 2.91. The van der Waals surface area contributed by atoms with Gasteiger partial charge < -0.3 is 15.0 Å². The highest BCUT2D eigenvalue weighted by molar-refractivity contribution is 5.97. The predicted molar refractivity (Wildman–Crippen MR) is 78.2 cm³/mol. The fraction of sp³-hybridized carbons (Fsp3) is 0.562. The van der Waals surface area contributed by atoms with Crippen LogP contribution in [0.1, 0.15) is 30.7 Å². The maximum absolute atomic E-state index is 12.2. The van der Waals surface area contributed by atoms with Gasteiger partial charge in [0.05, 0.1) is 13.2 Å². The van der Waals surface area contributed by atoms with Crippen LogP contribution in [0.2, 0.25) is 0 Å². The number of amides is 1. The van der Waals surface area contributed by atoms with E-state index in [0.717, 1.165) is 44.8 Å². The van der Waals surface area contributed by atoms with Crippen molar-refractivity contribution in [2.75, 3.05) is 36.5 Å². The van der Waals surface area contributed by atoms with Crippen molar-refractivity contribution in [2.24, 2.45) is 5.92 Å². The van der Waals surface area contributed by atoms with Crippen molar-refractivity contribution in [3.05, 3.63) is 23.8 Å². The Labute approximate surface area is 119 Å². The lowest BCUT2D eigenvalue weighted by molar-refractivity contribution is -0.120. The van der Waals surface area contributed by atoms with Crippen LogP contribution >= 0.6 is 0 Å². The highest BCUT2D eigenvalue weighted by Crippen LogP contribution is 2.46. The number of fused-ring (bicyclic) bond motifs is 3. The molecule has 0 aromatic heterocycles. The number of carbonyl (C=O) groups excluding carboxylic acids is 1. The van der Waals surface area contributed by atoms with Gasteiger partial charge in [-0.05, 0) is 36.5 Å². The molecule has 1 aliphatic carbocycles. The minimum atomic E-state index is 0.205. The van der Waals surface area contributed by atoms with Gasteiger partial charge in [0, 0.05) is 30.4 Å². The third-order valence-corrected chi connectivity index (χ3v) is 4.92. The minimum Gasteiger partial charge on any atom is -0.378 e. The molecule has 1 saturated carbocycles. The monoisotopic (exact) mass is 272 g/mol. The molecule has 1 N–H and O–H groups in total. The highest BCUT2D eigenvalue weighted by Gasteiger charge is 2.39. The summed E-state index contributed by atoms with van der Waals surface area (Å²) in [4.78, 5) is 14.5. The minimum absolute atomic E-state index is 0.205. The van der Waals surface area contributed by atoms with Crippen molar-refractivity contribution in [1.82, 2.24) is 0 Å². The number of morpholine rings is 1. The van der Waals surface area contributed by atoms with Crippen LogP contribution in [-0.2, 0) is 9.53 Å². The highest BCUT2D eigenvalue weighted by atomic mass is 16.5. The molecule has 1 aromatic carbocycles. The molecule has 2 heterocycles. The summed E-state index contributed by atoms with van der Waals surface area (Å²) in [5.41, 5.74) is 3.56. The number of hydrogen-bond donors (Lipinski definition) is 1. The van der Waals surface area contributed by atoms with Crippen molar-refractivity contribution in [3.63, 3.8) is 0 Å². The molecule has 2 fully saturated rings. The van der Waals surface area contributed by atoms with Crippen LogP contribution in [0.3, 0.4) is 0 Å². The SMILES string of the molecule is O=C1Nc2cc(N3CCOCC3)ccc2C2CCCC12. The quantitative estimate of drug-likeness (QED) is 0.853. The Bertz CT molecular complexity index is 537. The van der Waals surface area contributed by atoms with E-state index in [-0.39, 0.29) is 11.8 Å². The van der Waals surface area contributed by atoms with Crippen molar-refractivity contribution < 1.29 is 9.53 Å². The molecule has 0 bridgehead atoms. The van der Waals surface area contributed by atoms with Crippen LogP contribution in [0.5, 0.6) is 0 Å². The van der Waals surface area contributed by atoms with Crippen LogP contribution < -0.4 is 10.2 Å². The van der Waals surface area contributed by atoms with Crippen LogP contribution in [0.25, 0.3) is 0 Å². The smallest absolute Gasteiger partial charge is 0.228 e. The van der Waals surface area contributed by atoms with Crippen LogP contribution in [-0.4, -0.2) is 32.2 Å². The normalized spacial score (nSPS) is 28.8. The molecule has 2 aliphatic heterocycles. The molecule has 1 saturated heterocycles. The average molecular weight is 272 g/mol. The first-order chi connectivity index (χ1) is 9.83. The molecule has 1 aromatic rings. The lowest BCUT2D eigenvalue weighted by Gasteiger charge is -2.32. The van der Waals surface area contributed by atoms with Gasteiger partial charge in [-0.15, -0.1) is 0 Å². The Balaban J connectivity index is 1.67. The molecule has 0 spiro atoms. The summed E-state index contributed by atoms with van der Waals surface area (Å²) in [6.45, 7) is 3.43. The maximum atomic E-state index is 12.2. The van der Waals surface area contributed by atoms with E-state index in [1.807, 2.05) is 0 Å². The predicted octanol–water partition coefficient (Wildman–Crippen LogP) is 2.36. The molecule has 20 heavy (non-hydrogen) atoms. The zero-order valence-electron chi connectivity index (χ0n) is 11.6. The average Bonchev–Trinajstić information content (AvgIpc) is 2.98. The van der Waals surface area contributed by atoms with E-state index < -0.39 is 0 Å². The lowest BCUT2D eigenvalue weighted by Crippen LogP contribution is -2.36. The van der Waals surface area contributed by atoms with Crippen LogP contribution in [0, 0.1) is 5.92 Å². The van der Waals surface area contributed by atoms with E-state index in [2.05, 4.69) is 28.4 Å². The van der Waals surface area contributed by atoms with Gasteiger partial charge in [0.2, 0.25) is 5.91 Å². The Morgan fingerprint density at radius 1 is 1.15 bits per heavy atom. The summed E-state index contributed by atoms with van der Waals surface area (Å²) in [7, 11) is 0. The summed E-state index contributed by atoms with van der Waals surface area (Å²) < 4.78 is 5.40. The first kappa shape index (κ1) is 12.2.